The van der Waals surface area contributed by atoms with Crippen LogP contribution in [-0.4, -0.2) is 54.7 Å². The van der Waals surface area contributed by atoms with E-state index in [0.29, 0.717) is 0 Å². The van der Waals surface area contributed by atoms with Gasteiger partial charge in [0.15, 0.2) is 5.76 Å². The van der Waals surface area contributed by atoms with Gasteiger partial charge in [0.25, 0.3) is 5.91 Å². The van der Waals surface area contributed by atoms with Gasteiger partial charge in [0.1, 0.15) is 16.7 Å². The van der Waals surface area contributed by atoms with Gasteiger partial charge in [-0.25, -0.2) is 17.5 Å². The van der Waals surface area contributed by atoms with Crippen LogP contribution in [0.1, 0.15) is 28.8 Å². The first-order valence-corrected chi connectivity index (χ1v) is 9.60. The summed E-state index contributed by atoms with van der Waals surface area (Å²) in [4.78, 5) is 25.4. The second-order valence-corrected chi connectivity index (χ2v) is 8.37. The third kappa shape index (κ3) is 4.37. The van der Waals surface area contributed by atoms with E-state index in [1.165, 1.54) is 27.9 Å². The third-order valence-corrected chi connectivity index (χ3v) is 6.05. The van der Waals surface area contributed by atoms with Gasteiger partial charge in [-0.3, -0.25) is 4.79 Å². The number of carboxylic acid groups (broad SMARTS) is 1. The molecule has 0 saturated carbocycles. The lowest BCUT2D eigenvalue weighted by Crippen LogP contribution is -2.42. The monoisotopic (exact) mass is 394 g/mol. The highest BCUT2D eigenvalue weighted by atomic mass is 32.2. The number of carboxylic acids is 1. The lowest BCUT2D eigenvalue weighted by molar-refractivity contribution is -0.141. The van der Waals surface area contributed by atoms with Crippen molar-refractivity contribution in [2.75, 3.05) is 14.1 Å². The second kappa shape index (κ2) is 7.93. The number of carbonyl (C=O) groups excluding carboxylic acids is 1. The minimum Gasteiger partial charge on any atom is -0.480 e. The van der Waals surface area contributed by atoms with Crippen molar-refractivity contribution in [1.82, 2.24) is 9.21 Å². The maximum absolute atomic E-state index is 12.9. The minimum absolute atomic E-state index is 0.0443. The molecule has 27 heavy (non-hydrogen) atoms. The third-order valence-electron chi connectivity index (χ3n) is 4.12. The fourth-order valence-electron chi connectivity index (χ4n) is 2.46. The van der Waals surface area contributed by atoms with Crippen LogP contribution in [0.5, 0.6) is 0 Å². The Morgan fingerprint density at radius 2 is 1.78 bits per heavy atom. The van der Waals surface area contributed by atoms with Crippen LogP contribution in [0.15, 0.2) is 45.7 Å². The van der Waals surface area contributed by atoms with Crippen molar-refractivity contribution in [3.8, 4) is 0 Å². The van der Waals surface area contributed by atoms with Gasteiger partial charge in [0.05, 0.1) is 0 Å². The Hall–Kier alpha value is -2.65. The Bertz CT molecular complexity index is 934. The van der Waals surface area contributed by atoms with E-state index < -0.39 is 27.9 Å². The Labute approximate surface area is 158 Å². The van der Waals surface area contributed by atoms with Gasteiger partial charge in [-0.15, -0.1) is 0 Å². The zero-order valence-corrected chi connectivity index (χ0v) is 16.4. The van der Waals surface area contributed by atoms with Crippen LogP contribution in [0.25, 0.3) is 0 Å². The molecule has 9 heteroatoms. The normalized spacial score (nSPS) is 12.8. The molecule has 0 bridgehead atoms. The maximum Gasteiger partial charge on any atom is 0.326 e. The van der Waals surface area contributed by atoms with Crippen LogP contribution < -0.4 is 0 Å². The van der Waals surface area contributed by atoms with Crippen LogP contribution in [0.2, 0.25) is 0 Å². The van der Waals surface area contributed by atoms with Gasteiger partial charge in [-0.2, -0.15) is 0 Å². The molecule has 0 spiro atoms. The molecule has 1 N–H and O–H groups in total. The van der Waals surface area contributed by atoms with E-state index in [2.05, 4.69) is 0 Å². The Balaban J connectivity index is 2.42. The zero-order chi connectivity index (χ0) is 20.4. The predicted octanol–water partition coefficient (Wildman–Crippen LogP) is 1.95. The van der Waals surface area contributed by atoms with Gasteiger partial charge in [-0.05, 0) is 19.4 Å². The summed E-state index contributed by atoms with van der Waals surface area (Å²) in [5.74, 6) is -2.03. The van der Waals surface area contributed by atoms with Crippen molar-refractivity contribution in [1.29, 1.82) is 0 Å². The summed E-state index contributed by atoms with van der Waals surface area (Å²) < 4.78 is 31.1. The molecule has 1 heterocycles. The molecule has 1 amide bonds. The molecule has 0 aliphatic carbocycles. The number of nitrogens with zero attached hydrogens (tertiary/aromatic N) is 2. The molecule has 1 atom stereocenters. The minimum atomic E-state index is -3.79. The topological polar surface area (TPSA) is 108 Å². The molecule has 2 rings (SSSR count). The number of carbonyl (C=O) groups is 2. The van der Waals surface area contributed by atoms with Crippen molar-refractivity contribution < 1.29 is 27.5 Å². The van der Waals surface area contributed by atoms with Crippen molar-refractivity contribution >= 4 is 21.9 Å². The first-order chi connectivity index (χ1) is 12.6. The highest BCUT2D eigenvalue weighted by Gasteiger charge is 2.31. The number of aryl methyl sites for hydroxylation is 1. The summed E-state index contributed by atoms with van der Waals surface area (Å²) in [5, 5.41) is 9.36. The summed E-state index contributed by atoms with van der Waals surface area (Å²) in [6.45, 7) is 2.87. The summed E-state index contributed by atoms with van der Waals surface area (Å²) in [7, 11) is -1.04. The maximum atomic E-state index is 12.9. The quantitative estimate of drug-likeness (QED) is 0.769. The van der Waals surface area contributed by atoms with Crippen LogP contribution in [0, 0.1) is 6.92 Å². The van der Waals surface area contributed by atoms with E-state index in [-0.39, 0.29) is 23.0 Å². The van der Waals surface area contributed by atoms with Crippen molar-refractivity contribution in [3.63, 3.8) is 0 Å². The predicted molar refractivity (Wildman–Crippen MR) is 97.7 cm³/mol. The van der Waals surface area contributed by atoms with E-state index in [9.17, 15) is 23.1 Å². The fraction of sp³-hybridized carbons (Fsp3) is 0.333. The van der Waals surface area contributed by atoms with E-state index >= 15 is 0 Å². The van der Waals surface area contributed by atoms with Crippen molar-refractivity contribution in [3.05, 3.63) is 53.5 Å². The average Bonchev–Trinajstić information content (AvgIpc) is 3.01. The molecule has 146 valence electrons. The summed E-state index contributed by atoms with van der Waals surface area (Å²) in [6, 6.07) is 8.92. The molecule has 1 unspecified atom stereocenters. The number of amides is 1. The number of furan rings is 1. The zero-order valence-electron chi connectivity index (χ0n) is 15.5. The molecule has 1 aromatic carbocycles. The van der Waals surface area contributed by atoms with E-state index in [1.807, 2.05) is 6.07 Å². The molecular formula is C18H22N2O6S. The molecule has 0 saturated heterocycles. The summed E-state index contributed by atoms with van der Waals surface area (Å²) >= 11 is 0. The fourth-order valence-corrected chi connectivity index (χ4v) is 3.52. The van der Waals surface area contributed by atoms with Gasteiger partial charge < -0.3 is 14.4 Å². The number of hydrogen-bond donors (Lipinski definition) is 1. The Morgan fingerprint density at radius 1 is 1.19 bits per heavy atom. The lowest BCUT2D eigenvalue weighted by Gasteiger charge is -2.25. The summed E-state index contributed by atoms with van der Waals surface area (Å²) in [5.41, 5.74) is 0.739. The molecule has 0 fully saturated rings. The number of hydrogen-bond acceptors (Lipinski definition) is 5. The molecule has 2 aromatic rings. The number of benzene rings is 1. The summed E-state index contributed by atoms with van der Waals surface area (Å²) in [6.07, 6.45) is 0. The smallest absolute Gasteiger partial charge is 0.326 e. The first-order valence-electron chi connectivity index (χ1n) is 8.16. The number of sulfonamides is 1. The van der Waals surface area contributed by atoms with Gasteiger partial charge >= 0.3 is 5.97 Å². The largest absolute Gasteiger partial charge is 0.480 e. The van der Waals surface area contributed by atoms with E-state index in [0.717, 1.165) is 20.8 Å². The van der Waals surface area contributed by atoms with Crippen LogP contribution >= 0.6 is 0 Å². The highest BCUT2D eigenvalue weighted by molar-refractivity contribution is 7.89. The van der Waals surface area contributed by atoms with E-state index in [4.69, 9.17) is 4.42 Å². The Kier molecular flexibility index (Phi) is 6.07. The molecule has 1 aromatic heterocycles. The molecule has 0 aliphatic heterocycles. The van der Waals surface area contributed by atoms with Crippen molar-refractivity contribution in [2.24, 2.45) is 0 Å². The molecular weight excluding hydrogens is 372 g/mol. The van der Waals surface area contributed by atoms with Gasteiger partial charge in [-0.1, -0.05) is 30.3 Å². The van der Waals surface area contributed by atoms with Gasteiger partial charge in [0, 0.05) is 26.7 Å². The van der Waals surface area contributed by atoms with Gasteiger partial charge in [0.2, 0.25) is 10.0 Å². The standard InChI is InChI=1S/C18H22N2O6S/c1-12(18(22)23)20(11-14-8-6-5-7-9-14)17(21)15-10-16(13(2)26-15)27(24,25)19(3)4/h5-10,12H,11H2,1-4H3,(H,22,23). The molecule has 0 aliphatic rings. The van der Waals surface area contributed by atoms with E-state index in [1.54, 1.807) is 24.3 Å². The van der Waals surface area contributed by atoms with Crippen LogP contribution in [-0.2, 0) is 21.4 Å². The highest BCUT2D eigenvalue weighted by Crippen LogP contribution is 2.24. The lowest BCUT2D eigenvalue weighted by atomic mass is 10.1. The van der Waals surface area contributed by atoms with Crippen LogP contribution in [0.3, 0.4) is 0 Å². The van der Waals surface area contributed by atoms with Crippen LogP contribution in [0.4, 0.5) is 0 Å². The first kappa shape index (κ1) is 20.7. The average molecular weight is 394 g/mol. The van der Waals surface area contributed by atoms with Crippen molar-refractivity contribution in [2.45, 2.75) is 31.3 Å². The number of aliphatic carboxylic acids is 1. The molecule has 0 radical (unpaired) electrons. The Morgan fingerprint density at radius 3 is 2.30 bits per heavy atom. The number of rotatable bonds is 7. The molecule has 8 nitrogen and oxygen atoms in total. The SMILES string of the molecule is Cc1oc(C(=O)N(Cc2ccccc2)C(C)C(=O)O)cc1S(=O)(=O)N(C)C. The second-order valence-electron chi connectivity index (χ2n) is 6.25.